The Balaban J connectivity index is 2.13. The molecule has 1 unspecified atom stereocenters. The van der Waals surface area contributed by atoms with Gasteiger partial charge in [0.05, 0.1) is 17.7 Å². The van der Waals surface area contributed by atoms with Crippen molar-refractivity contribution in [3.05, 3.63) is 70.3 Å². The predicted molar refractivity (Wildman–Crippen MR) is 135 cm³/mol. The first-order chi connectivity index (χ1) is 16.2. The van der Waals surface area contributed by atoms with Crippen molar-refractivity contribution in [2.45, 2.75) is 53.7 Å². The number of hydrogen-bond acceptors (Lipinski definition) is 5. The molecular formula is C28H36N2O4. The van der Waals surface area contributed by atoms with Gasteiger partial charge in [-0.3, -0.25) is 9.59 Å². The van der Waals surface area contributed by atoms with E-state index in [1.54, 1.807) is 11.0 Å². The summed E-state index contributed by atoms with van der Waals surface area (Å²) in [7, 11) is 0. The van der Waals surface area contributed by atoms with Gasteiger partial charge in [-0.15, -0.1) is 0 Å². The summed E-state index contributed by atoms with van der Waals surface area (Å²) in [5, 5.41) is 11.3. The van der Waals surface area contributed by atoms with Crippen molar-refractivity contribution in [1.82, 2.24) is 9.80 Å². The topological polar surface area (TPSA) is 70.1 Å². The molecule has 0 saturated carbocycles. The summed E-state index contributed by atoms with van der Waals surface area (Å²) in [5.41, 5.74) is 3.48. The number of amides is 1. The van der Waals surface area contributed by atoms with E-state index in [9.17, 15) is 14.7 Å². The second-order valence-corrected chi connectivity index (χ2v) is 9.06. The molecular weight excluding hydrogens is 428 g/mol. The maximum absolute atomic E-state index is 13.3. The molecule has 1 fully saturated rings. The number of aryl methyl sites for hydroxylation is 2. The van der Waals surface area contributed by atoms with E-state index in [0.717, 1.165) is 29.8 Å². The first-order valence-corrected chi connectivity index (χ1v) is 12.0. The molecule has 34 heavy (non-hydrogen) atoms. The van der Waals surface area contributed by atoms with E-state index in [-0.39, 0.29) is 17.4 Å². The van der Waals surface area contributed by atoms with Crippen molar-refractivity contribution in [3.63, 3.8) is 0 Å². The van der Waals surface area contributed by atoms with Crippen LogP contribution in [0.5, 0.6) is 5.75 Å². The summed E-state index contributed by atoms with van der Waals surface area (Å²) < 4.78 is 5.87. The molecule has 1 aliphatic rings. The van der Waals surface area contributed by atoms with Gasteiger partial charge in [0.2, 0.25) is 0 Å². The SMILES string of the molecule is CCN(CC)CCN1C(=O)C(=O)/C(=C(\O)c2ccc(C)c(C)c2)C1c1cccc(OC(C)C)c1. The van der Waals surface area contributed by atoms with Crippen LogP contribution in [-0.2, 0) is 9.59 Å². The number of aliphatic hydroxyl groups excluding tert-OH is 1. The zero-order valence-corrected chi connectivity index (χ0v) is 21.1. The van der Waals surface area contributed by atoms with Crippen LogP contribution in [0.4, 0.5) is 0 Å². The lowest BCUT2D eigenvalue weighted by Gasteiger charge is -2.28. The van der Waals surface area contributed by atoms with E-state index in [4.69, 9.17) is 4.74 Å². The highest BCUT2D eigenvalue weighted by Gasteiger charge is 2.46. The molecule has 1 N–H and O–H groups in total. The Bertz CT molecular complexity index is 1090. The number of rotatable bonds is 9. The zero-order chi connectivity index (χ0) is 25.0. The molecule has 1 saturated heterocycles. The molecule has 1 aliphatic heterocycles. The molecule has 182 valence electrons. The van der Waals surface area contributed by atoms with Crippen LogP contribution >= 0.6 is 0 Å². The quantitative estimate of drug-likeness (QED) is 0.326. The van der Waals surface area contributed by atoms with E-state index in [1.165, 1.54) is 0 Å². The Morgan fingerprint density at radius 3 is 2.38 bits per heavy atom. The van der Waals surface area contributed by atoms with Crippen molar-refractivity contribution in [1.29, 1.82) is 0 Å². The van der Waals surface area contributed by atoms with Crippen molar-refractivity contribution in [2.24, 2.45) is 0 Å². The summed E-state index contributed by atoms with van der Waals surface area (Å²) in [6, 6.07) is 12.3. The fourth-order valence-electron chi connectivity index (χ4n) is 4.32. The number of ether oxygens (including phenoxy) is 1. The number of aliphatic hydroxyl groups is 1. The Kier molecular flexibility index (Phi) is 8.15. The van der Waals surface area contributed by atoms with Crippen LogP contribution in [-0.4, -0.2) is 58.9 Å². The number of hydrogen-bond donors (Lipinski definition) is 1. The highest BCUT2D eigenvalue weighted by molar-refractivity contribution is 6.46. The van der Waals surface area contributed by atoms with Gasteiger partial charge in [0.15, 0.2) is 0 Å². The van der Waals surface area contributed by atoms with Gasteiger partial charge in [-0.05, 0) is 75.7 Å². The molecule has 2 aromatic carbocycles. The fourth-order valence-corrected chi connectivity index (χ4v) is 4.32. The Labute approximate surface area is 202 Å². The van der Waals surface area contributed by atoms with Gasteiger partial charge in [-0.25, -0.2) is 0 Å². The van der Waals surface area contributed by atoms with Gasteiger partial charge in [0, 0.05) is 18.7 Å². The second kappa shape index (κ2) is 10.9. The molecule has 2 aromatic rings. The van der Waals surface area contributed by atoms with Gasteiger partial charge < -0.3 is 19.6 Å². The van der Waals surface area contributed by atoms with Crippen molar-refractivity contribution in [3.8, 4) is 5.75 Å². The van der Waals surface area contributed by atoms with E-state index < -0.39 is 17.7 Å². The third-order valence-corrected chi connectivity index (χ3v) is 6.42. The average molecular weight is 465 g/mol. The van der Waals surface area contributed by atoms with Gasteiger partial charge in [0.1, 0.15) is 11.5 Å². The smallest absolute Gasteiger partial charge is 0.295 e. The van der Waals surface area contributed by atoms with Gasteiger partial charge >= 0.3 is 0 Å². The summed E-state index contributed by atoms with van der Waals surface area (Å²) in [6.07, 6.45) is -0.0141. The molecule has 6 nitrogen and oxygen atoms in total. The minimum atomic E-state index is -0.687. The van der Waals surface area contributed by atoms with Crippen LogP contribution < -0.4 is 4.74 Å². The third-order valence-electron chi connectivity index (χ3n) is 6.42. The Morgan fingerprint density at radius 2 is 1.76 bits per heavy atom. The largest absolute Gasteiger partial charge is 0.507 e. The first-order valence-electron chi connectivity index (χ1n) is 12.0. The van der Waals surface area contributed by atoms with Crippen molar-refractivity contribution >= 4 is 17.4 Å². The van der Waals surface area contributed by atoms with Gasteiger partial charge in [0.25, 0.3) is 11.7 Å². The molecule has 1 amide bonds. The highest BCUT2D eigenvalue weighted by Crippen LogP contribution is 2.40. The van der Waals surface area contributed by atoms with E-state index in [0.29, 0.717) is 24.4 Å². The molecule has 6 heteroatoms. The number of likely N-dealkylation sites (tertiary alicyclic amines) is 1. The zero-order valence-electron chi connectivity index (χ0n) is 21.1. The fraction of sp³-hybridized carbons (Fsp3) is 0.429. The number of carbonyl (C=O) groups is 2. The second-order valence-electron chi connectivity index (χ2n) is 9.06. The number of carbonyl (C=O) groups excluding carboxylic acids is 2. The number of Topliss-reactive ketones (excluding diaryl/α,β-unsaturated/α-hetero) is 1. The molecule has 0 spiro atoms. The summed E-state index contributed by atoms with van der Waals surface area (Å²) in [5.74, 6) is -0.729. The van der Waals surface area contributed by atoms with Crippen molar-refractivity contribution < 1.29 is 19.4 Å². The lowest BCUT2D eigenvalue weighted by atomic mass is 9.94. The third kappa shape index (κ3) is 5.33. The molecule has 1 atom stereocenters. The van der Waals surface area contributed by atoms with E-state index in [2.05, 4.69) is 18.7 Å². The van der Waals surface area contributed by atoms with Gasteiger partial charge in [-0.1, -0.05) is 38.1 Å². The highest BCUT2D eigenvalue weighted by atomic mass is 16.5. The van der Waals surface area contributed by atoms with Gasteiger partial charge in [-0.2, -0.15) is 0 Å². The minimum absolute atomic E-state index is 0.0141. The molecule has 0 bridgehead atoms. The standard InChI is InChI=1S/C28H36N2O4/c1-7-29(8-2)14-15-30-25(21-10-9-11-23(17-21)34-18(3)4)24(27(32)28(30)33)26(31)22-13-12-19(5)20(6)16-22/h9-13,16-18,25,31H,7-8,14-15H2,1-6H3/b26-24-. The lowest BCUT2D eigenvalue weighted by Crippen LogP contribution is -2.38. The van der Waals surface area contributed by atoms with Crippen LogP contribution in [0.3, 0.4) is 0 Å². The van der Waals surface area contributed by atoms with Crippen LogP contribution in [0.2, 0.25) is 0 Å². The number of benzene rings is 2. The molecule has 0 radical (unpaired) electrons. The molecule has 3 rings (SSSR count). The monoisotopic (exact) mass is 464 g/mol. The number of ketones is 1. The molecule has 1 heterocycles. The summed E-state index contributed by atoms with van der Waals surface area (Å²) in [6.45, 7) is 14.7. The van der Waals surface area contributed by atoms with Crippen LogP contribution in [0, 0.1) is 13.8 Å². The lowest BCUT2D eigenvalue weighted by molar-refractivity contribution is -0.140. The number of likely N-dealkylation sites (N-methyl/N-ethyl adjacent to an activating group) is 1. The average Bonchev–Trinajstić information content (AvgIpc) is 3.05. The minimum Gasteiger partial charge on any atom is -0.507 e. The van der Waals surface area contributed by atoms with Crippen LogP contribution in [0.25, 0.3) is 5.76 Å². The Morgan fingerprint density at radius 1 is 1.06 bits per heavy atom. The normalized spacial score (nSPS) is 17.8. The maximum Gasteiger partial charge on any atom is 0.295 e. The first kappa shape index (κ1) is 25.5. The molecule has 0 aromatic heterocycles. The Hall–Kier alpha value is -3.12. The van der Waals surface area contributed by atoms with E-state index in [1.807, 2.05) is 64.1 Å². The van der Waals surface area contributed by atoms with Crippen molar-refractivity contribution in [2.75, 3.05) is 26.2 Å². The predicted octanol–water partition coefficient (Wildman–Crippen LogP) is 4.85. The number of nitrogens with zero attached hydrogens (tertiary/aromatic N) is 2. The maximum atomic E-state index is 13.3. The van der Waals surface area contributed by atoms with Crippen LogP contribution in [0.15, 0.2) is 48.0 Å². The summed E-state index contributed by atoms with van der Waals surface area (Å²) in [4.78, 5) is 30.2. The molecule has 0 aliphatic carbocycles. The summed E-state index contributed by atoms with van der Waals surface area (Å²) >= 11 is 0. The van der Waals surface area contributed by atoms with E-state index >= 15 is 0 Å². The van der Waals surface area contributed by atoms with Crippen LogP contribution in [0.1, 0.15) is 56.0 Å².